The van der Waals surface area contributed by atoms with E-state index >= 15 is 0 Å². The van der Waals surface area contributed by atoms with E-state index in [2.05, 4.69) is 15.2 Å². The smallest absolute Gasteiger partial charge is 0.391 e. The molecule has 0 aliphatic rings. The van der Waals surface area contributed by atoms with E-state index in [0.717, 1.165) is 6.20 Å². The van der Waals surface area contributed by atoms with Crippen molar-refractivity contribution < 1.29 is 18.3 Å². The number of halogens is 4. The second kappa shape index (κ2) is 4.28. The van der Waals surface area contributed by atoms with Crippen molar-refractivity contribution in [3.8, 4) is 10.6 Å². The third-order valence-electron chi connectivity index (χ3n) is 1.96. The first-order valence-electron chi connectivity index (χ1n) is 4.30. The van der Waals surface area contributed by atoms with Crippen LogP contribution >= 0.6 is 22.9 Å². The fourth-order valence-electron chi connectivity index (χ4n) is 1.21. The van der Waals surface area contributed by atoms with Crippen LogP contribution in [0.4, 0.5) is 13.2 Å². The van der Waals surface area contributed by atoms with Gasteiger partial charge in [0.1, 0.15) is 10.8 Å². The molecule has 0 fully saturated rings. The molecule has 0 saturated heterocycles. The number of rotatable bonds is 2. The van der Waals surface area contributed by atoms with E-state index < -0.39 is 17.8 Å². The second-order valence-corrected chi connectivity index (χ2v) is 4.46. The van der Waals surface area contributed by atoms with Gasteiger partial charge >= 0.3 is 6.18 Å². The second-order valence-electron chi connectivity index (χ2n) is 3.05. The molecule has 0 unspecified atom stereocenters. The topological polar surface area (TPSA) is 61.8 Å². The summed E-state index contributed by atoms with van der Waals surface area (Å²) in [5.41, 5.74) is 0.439. The molecular weight excluding hydrogens is 279 g/mol. The van der Waals surface area contributed by atoms with E-state index in [4.69, 9.17) is 16.7 Å². The van der Waals surface area contributed by atoms with Crippen LogP contribution in [0, 0.1) is 0 Å². The minimum atomic E-state index is -4.48. The lowest BCUT2D eigenvalue weighted by Crippen LogP contribution is -2.02. The number of aliphatic hydroxyl groups excluding tert-OH is 1. The Balaban J connectivity index is 2.44. The Kier molecular flexibility index (Phi) is 3.11. The zero-order chi connectivity index (χ0) is 12.6. The first-order valence-corrected chi connectivity index (χ1v) is 5.50. The van der Waals surface area contributed by atoms with Crippen LogP contribution in [-0.4, -0.2) is 20.3 Å². The van der Waals surface area contributed by atoms with Crippen LogP contribution in [0.3, 0.4) is 0 Å². The number of nitrogens with zero attached hydrogens (tertiary/aromatic N) is 2. The molecule has 0 aliphatic carbocycles. The molecule has 0 radical (unpaired) electrons. The summed E-state index contributed by atoms with van der Waals surface area (Å²) in [4.78, 5) is 3.46. The van der Waals surface area contributed by atoms with Crippen molar-refractivity contribution in [1.29, 1.82) is 0 Å². The number of aliphatic hydroxyl groups is 1. The molecule has 92 valence electrons. The lowest BCUT2D eigenvalue weighted by molar-refractivity contribution is -0.137. The molecule has 9 heteroatoms. The normalized spacial score (nSPS) is 12.1. The summed E-state index contributed by atoms with van der Waals surface area (Å²) in [5, 5.41) is 14.3. The molecule has 2 aromatic rings. The largest absolute Gasteiger partial charge is 0.443 e. The number of aromatic nitrogens is 3. The first kappa shape index (κ1) is 12.3. The van der Waals surface area contributed by atoms with Crippen LogP contribution in [0.2, 0.25) is 5.15 Å². The van der Waals surface area contributed by atoms with Gasteiger partial charge in [-0.05, 0) is 0 Å². The van der Waals surface area contributed by atoms with E-state index in [0.29, 0.717) is 11.3 Å². The van der Waals surface area contributed by atoms with Crippen molar-refractivity contribution in [3.63, 3.8) is 0 Å². The summed E-state index contributed by atoms with van der Waals surface area (Å²) in [6.07, 6.45) is -3.43. The molecule has 4 nitrogen and oxygen atoms in total. The van der Waals surface area contributed by atoms with Crippen molar-refractivity contribution in [2.24, 2.45) is 0 Å². The predicted octanol–water partition coefficient (Wildman–Crippen LogP) is 2.70. The molecule has 0 saturated carbocycles. The number of hydrogen-bond donors (Lipinski definition) is 2. The number of aromatic amines is 1. The average Bonchev–Trinajstić information content (AvgIpc) is 2.82. The molecule has 2 heterocycles. The van der Waals surface area contributed by atoms with Gasteiger partial charge < -0.3 is 5.11 Å². The third-order valence-corrected chi connectivity index (χ3v) is 3.32. The fraction of sp³-hybridized carbons (Fsp3) is 0.250. The van der Waals surface area contributed by atoms with Crippen LogP contribution in [0.15, 0.2) is 6.20 Å². The lowest BCUT2D eigenvalue weighted by atomic mass is 10.2. The Morgan fingerprint density at radius 2 is 2.18 bits per heavy atom. The molecular formula is C8H5ClF3N3OS. The molecule has 17 heavy (non-hydrogen) atoms. The Morgan fingerprint density at radius 1 is 1.47 bits per heavy atom. The highest BCUT2D eigenvalue weighted by molar-refractivity contribution is 7.15. The van der Waals surface area contributed by atoms with Crippen molar-refractivity contribution in [2.75, 3.05) is 0 Å². The maximum Gasteiger partial charge on any atom is 0.443 e. The molecule has 0 aliphatic heterocycles. The monoisotopic (exact) mass is 283 g/mol. The van der Waals surface area contributed by atoms with E-state index in [1.165, 1.54) is 0 Å². The zero-order valence-corrected chi connectivity index (χ0v) is 9.62. The minimum Gasteiger partial charge on any atom is -0.391 e. The highest BCUT2D eigenvalue weighted by Crippen LogP contribution is 2.37. The third kappa shape index (κ3) is 2.28. The molecule has 0 bridgehead atoms. The molecule has 0 atom stereocenters. The van der Waals surface area contributed by atoms with Gasteiger partial charge in [0.15, 0.2) is 5.01 Å². The Bertz CT molecular complexity index is 536. The highest BCUT2D eigenvalue weighted by Gasteiger charge is 2.35. The van der Waals surface area contributed by atoms with Gasteiger partial charge in [-0.2, -0.15) is 18.3 Å². The minimum absolute atomic E-state index is 0.101. The first-order chi connectivity index (χ1) is 7.93. The van der Waals surface area contributed by atoms with Gasteiger partial charge in [-0.15, -0.1) is 11.3 Å². The molecule has 0 amide bonds. The Labute approximate surface area is 102 Å². The Morgan fingerprint density at radius 3 is 2.71 bits per heavy atom. The van der Waals surface area contributed by atoms with E-state index in [1.807, 2.05) is 0 Å². The van der Waals surface area contributed by atoms with E-state index in [1.54, 1.807) is 0 Å². The maximum atomic E-state index is 12.3. The number of thiazole rings is 1. The predicted molar refractivity (Wildman–Crippen MR) is 55.6 cm³/mol. The van der Waals surface area contributed by atoms with Crippen LogP contribution < -0.4 is 0 Å². The van der Waals surface area contributed by atoms with Crippen molar-refractivity contribution in [1.82, 2.24) is 15.2 Å². The van der Waals surface area contributed by atoms with Gasteiger partial charge in [-0.1, -0.05) is 11.6 Å². The van der Waals surface area contributed by atoms with Gasteiger partial charge in [0.25, 0.3) is 0 Å². The summed E-state index contributed by atoms with van der Waals surface area (Å²) in [5.74, 6) is 0. The standard InChI is InChI=1S/C8H5ClF3N3OS/c9-6-3(2-16)5(14-15-6)4-1-13-7(17-4)8(10,11)12/h1,16H,2H2,(H,14,15). The Hall–Kier alpha value is -1.12. The zero-order valence-electron chi connectivity index (χ0n) is 8.05. The summed E-state index contributed by atoms with van der Waals surface area (Å²) in [7, 11) is 0. The SMILES string of the molecule is OCc1c(-c2cnc(C(F)(F)F)s2)n[nH]c1Cl. The number of hydrogen-bond acceptors (Lipinski definition) is 4. The van der Waals surface area contributed by atoms with Crippen LogP contribution in [0.5, 0.6) is 0 Å². The number of alkyl halides is 3. The summed E-state index contributed by atoms with van der Waals surface area (Å²) in [6, 6.07) is 0. The molecule has 2 aromatic heterocycles. The average molecular weight is 284 g/mol. The van der Waals surface area contributed by atoms with E-state index in [-0.39, 0.29) is 21.3 Å². The maximum absolute atomic E-state index is 12.3. The fourth-order valence-corrected chi connectivity index (χ4v) is 2.20. The van der Waals surface area contributed by atoms with Gasteiger partial charge in [-0.25, -0.2) is 4.98 Å². The lowest BCUT2D eigenvalue weighted by Gasteiger charge is -1.99. The van der Waals surface area contributed by atoms with Gasteiger partial charge in [0.05, 0.1) is 11.5 Å². The molecule has 0 spiro atoms. The summed E-state index contributed by atoms with van der Waals surface area (Å²) in [6.45, 7) is -0.413. The number of H-pyrrole nitrogens is 1. The molecule has 2 N–H and O–H groups in total. The molecule has 2 rings (SSSR count). The number of nitrogens with one attached hydrogen (secondary N) is 1. The van der Waals surface area contributed by atoms with Crippen LogP contribution in [-0.2, 0) is 12.8 Å². The molecule has 0 aromatic carbocycles. The van der Waals surface area contributed by atoms with E-state index in [9.17, 15) is 13.2 Å². The van der Waals surface area contributed by atoms with Gasteiger partial charge in [0, 0.05) is 11.8 Å². The van der Waals surface area contributed by atoms with Gasteiger partial charge in [-0.3, -0.25) is 5.10 Å². The van der Waals surface area contributed by atoms with Gasteiger partial charge in [0.2, 0.25) is 0 Å². The van der Waals surface area contributed by atoms with Crippen LogP contribution in [0.25, 0.3) is 10.6 Å². The quantitative estimate of drug-likeness (QED) is 0.891. The van der Waals surface area contributed by atoms with Crippen molar-refractivity contribution in [2.45, 2.75) is 12.8 Å². The summed E-state index contributed by atoms with van der Waals surface area (Å²) < 4.78 is 37.0. The highest BCUT2D eigenvalue weighted by atomic mass is 35.5. The van der Waals surface area contributed by atoms with Crippen LogP contribution in [0.1, 0.15) is 10.6 Å². The van der Waals surface area contributed by atoms with Crippen molar-refractivity contribution in [3.05, 3.63) is 21.9 Å². The summed E-state index contributed by atoms with van der Waals surface area (Å²) >= 11 is 6.12. The van der Waals surface area contributed by atoms with Crippen molar-refractivity contribution >= 4 is 22.9 Å².